The van der Waals surface area contributed by atoms with Crippen LogP contribution in [0.4, 0.5) is 0 Å². The summed E-state index contributed by atoms with van der Waals surface area (Å²) >= 11 is 0. The monoisotopic (exact) mass is 256 g/mol. The van der Waals surface area contributed by atoms with E-state index in [1.165, 1.54) is 6.42 Å². The van der Waals surface area contributed by atoms with Gasteiger partial charge in [0.1, 0.15) is 0 Å². The molecule has 2 aliphatic heterocycles. The zero-order chi connectivity index (χ0) is 13.2. The largest absolute Gasteiger partial charge is 0.379 e. The fourth-order valence-electron chi connectivity index (χ4n) is 3.39. The summed E-state index contributed by atoms with van der Waals surface area (Å²) in [4.78, 5) is 2.47. The fraction of sp³-hybridized carbons (Fsp3) is 1.00. The third-order valence-corrected chi connectivity index (χ3v) is 4.32. The summed E-state index contributed by atoms with van der Waals surface area (Å²) in [5, 5.41) is 3.38. The summed E-state index contributed by atoms with van der Waals surface area (Å²) in [6.45, 7) is 11.5. The van der Waals surface area contributed by atoms with E-state index in [1.807, 2.05) is 7.05 Å². The van der Waals surface area contributed by atoms with Crippen molar-refractivity contribution < 1.29 is 9.47 Å². The van der Waals surface area contributed by atoms with Crippen LogP contribution in [0.25, 0.3) is 0 Å². The highest BCUT2D eigenvalue weighted by Gasteiger charge is 2.43. The zero-order valence-corrected chi connectivity index (χ0v) is 12.3. The van der Waals surface area contributed by atoms with Crippen LogP contribution in [0.5, 0.6) is 0 Å². The molecule has 0 aromatic heterocycles. The number of morpholine rings is 1. The molecule has 2 atom stereocenters. The van der Waals surface area contributed by atoms with E-state index in [-0.39, 0.29) is 11.2 Å². The normalized spacial score (nSPS) is 37.7. The first-order valence-electron chi connectivity index (χ1n) is 7.13. The Kier molecular flexibility index (Phi) is 4.32. The van der Waals surface area contributed by atoms with E-state index in [2.05, 4.69) is 31.0 Å². The minimum atomic E-state index is -0.0892. The van der Waals surface area contributed by atoms with Crippen molar-refractivity contribution in [2.45, 2.75) is 50.9 Å². The molecule has 2 unspecified atom stereocenters. The average molecular weight is 256 g/mol. The number of rotatable bonds is 3. The van der Waals surface area contributed by atoms with Crippen LogP contribution < -0.4 is 5.32 Å². The van der Waals surface area contributed by atoms with Gasteiger partial charge in [-0.25, -0.2) is 0 Å². The van der Waals surface area contributed by atoms with Crippen molar-refractivity contribution in [3.05, 3.63) is 0 Å². The van der Waals surface area contributed by atoms with Crippen LogP contribution in [0.3, 0.4) is 0 Å². The molecule has 2 heterocycles. The molecule has 2 aliphatic rings. The molecule has 2 rings (SSSR count). The van der Waals surface area contributed by atoms with Crippen molar-refractivity contribution in [1.29, 1.82) is 0 Å². The maximum absolute atomic E-state index is 6.42. The van der Waals surface area contributed by atoms with Gasteiger partial charge < -0.3 is 14.8 Å². The van der Waals surface area contributed by atoms with Gasteiger partial charge in [-0.2, -0.15) is 0 Å². The van der Waals surface area contributed by atoms with Crippen molar-refractivity contribution in [3.63, 3.8) is 0 Å². The molecule has 0 aromatic rings. The van der Waals surface area contributed by atoms with Gasteiger partial charge in [-0.3, -0.25) is 4.90 Å². The van der Waals surface area contributed by atoms with Crippen molar-refractivity contribution in [3.8, 4) is 0 Å². The molecule has 2 fully saturated rings. The molecule has 0 aliphatic carbocycles. The molecule has 4 nitrogen and oxygen atoms in total. The van der Waals surface area contributed by atoms with Crippen molar-refractivity contribution in [1.82, 2.24) is 10.2 Å². The van der Waals surface area contributed by atoms with Gasteiger partial charge in [0.15, 0.2) is 0 Å². The van der Waals surface area contributed by atoms with Crippen LogP contribution in [0.1, 0.15) is 33.6 Å². The Balaban J connectivity index is 1.95. The molecule has 2 saturated heterocycles. The molecule has 1 N–H and O–H groups in total. The lowest BCUT2D eigenvalue weighted by molar-refractivity contribution is -0.189. The minimum Gasteiger partial charge on any atom is -0.379 e. The fourth-order valence-corrected chi connectivity index (χ4v) is 3.39. The number of likely N-dealkylation sites (N-methyl/N-ethyl adjacent to an activating group) is 1. The van der Waals surface area contributed by atoms with E-state index in [1.54, 1.807) is 0 Å². The molecule has 0 radical (unpaired) electrons. The Hall–Kier alpha value is -0.160. The van der Waals surface area contributed by atoms with Gasteiger partial charge in [0.05, 0.1) is 24.4 Å². The Morgan fingerprint density at radius 1 is 1.22 bits per heavy atom. The number of nitrogens with one attached hydrogen (secondary N) is 1. The summed E-state index contributed by atoms with van der Waals surface area (Å²) in [6.07, 6.45) is 2.31. The summed E-state index contributed by atoms with van der Waals surface area (Å²) in [7, 11) is 2.03. The van der Waals surface area contributed by atoms with Gasteiger partial charge in [0.2, 0.25) is 0 Å². The highest BCUT2D eigenvalue weighted by molar-refractivity contribution is 4.96. The van der Waals surface area contributed by atoms with Crippen molar-refractivity contribution >= 4 is 0 Å². The van der Waals surface area contributed by atoms with E-state index in [0.29, 0.717) is 6.04 Å². The molecule has 0 aromatic carbocycles. The van der Waals surface area contributed by atoms with Crippen LogP contribution in [-0.2, 0) is 9.47 Å². The van der Waals surface area contributed by atoms with Gasteiger partial charge in [-0.05, 0) is 40.7 Å². The van der Waals surface area contributed by atoms with Crippen molar-refractivity contribution in [2.24, 2.45) is 0 Å². The SMILES string of the molecule is CNC1CCC(C)(CN2CCOCC2)OC1(C)C. The predicted octanol–water partition coefficient (Wildman–Crippen LogP) is 1.25. The molecule has 0 saturated carbocycles. The number of ether oxygens (including phenoxy) is 2. The van der Waals surface area contributed by atoms with E-state index in [9.17, 15) is 0 Å². The maximum Gasteiger partial charge on any atom is 0.0789 e. The Bertz CT molecular complexity index is 277. The number of hydrogen-bond acceptors (Lipinski definition) is 4. The second-order valence-electron chi connectivity index (χ2n) is 6.42. The lowest BCUT2D eigenvalue weighted by Gasteiger charge is -2.49. The molecule has 4 heteroatoms. The zero-order valence-electron chi connectivity index (χ0n) is 12.3. The molecule has 0 bridgehead atoms. The van der Waals surface area contributed by atoms with Gasteiger partial charge in [-0.15, -0.1) is 0 Å². The molecule has 18 heavy (non-hydrogen) atoms. The van der Waals surface area contributed by atoms with Gasteiger partial charge in [-0.1, -0.05) is 0 Å². The van der Waals surface area contributed by atoms with Crippen LogP contribution in [0.15, 0.2) is 0 Å². The second kappa shape index (κ2) is 5.45. The van der Waals surface area contributed by atoms with Gasteiger partial charge in [0, 0.05) is 25.7 Å². The first kappa shape index (κ1) is 14.3. The molecular formula is C14H28N2O2. The summed E-state index contributed by atoms with van der Waals surface area (Å²) in [5.41, 5.74) is -0.109. The number of hydrogen-bond donors (Lipinski definition) is 1. The summed E-state index contributed by atoms with van der Waals surface area (Å²) < 4.78 is 11.8. The molecule has 0 spiro atoms. The van der Waals surface area contributed by atoms with Crippen LogP contribution in [0, 0.1) is 0 Å². The summed E-state index contributed by atoms with van der Waals surface area (Å²) in [6, 6.07) is 0.454. The first-order valence-corrected chi connectivity index (χ1v) is 7.13. The first-order chi connectivity index (χ1) is 8.45. The third kappa shape index (κ3) is 3.23. The van der Waals surface area contributed by atoms with Gasteiger partial charge in [0.25, 0.3) is 0 Å². The van der Waals surface area contributed by atoms with E-state index < -0.39 is 0 Å². The van der Waals surface area contributed by atoms with Gasteiger partial charge >= 0.3 is 0 Å². The Morgan fingerprint density at radius 3 is 2.44 bits per heavy atom. The lowest BCUT2D eigenvalue weighted by atomic mass is 9.83. The van der Waals surface area contributed by atoms with Crippen LogP contribution >= 0.6 is 0 Å². The maximum atomic E-state index is 6.42. The van der Waals surface area contributed by atoms with Crippen molar-refractivity contribution in [2.75, 3.05) is 39.9 Å². The highest BCUT2D eigenvalue weighted by atomic mass is 16.5. The topological polar surface area (TPSA) is 33.7 Å². The molecule has 0 amide bonds. The van der Waals surface area contributed by atoms with E-state index >= 15 is 0 Å². The smallest absolute Gasteiger partial charge is 0.0789 e. The summed E-state index contributed by atoms with van der Waals surface area (Å²) in [5.74, 6) is 0. The predicted molar refractivity (Wildman–Crippen MR) is 72.9 cm³/mol. The van der Waals surface area contributed by atoms with Crippen LogP contribution in [0.2, 0.25) is 0 Å². The third-order valence-electron chi connectivity index (χ3n) is 4.32. The lowest BCUT2D eigenvalue weighted by Crippen LogP contribution is -2.60. The standard InChI is InChI=1S/C14H28N2O2/c1-13(2)12(15-4)5-6-14(3,18-13)11-16-7-9-17-10-8-16/h12,15H,5-11H2,1-4H3. The highest BCUT2D eigenvalue weighted by Crippen LogP contribution is 2.35. The van der Waals surface area contributed by atoms with E-state index in [4.69, 9.17) is 9.47 Å². The number of nitrogens with zero attached hydrogens (tertiary/aromatic N) is 1. The van der Waals surface area contributed by atoms with E-state index in [0.717, 1.165) is 39.3 Å². The second-order valence-corrected chi connectivity index (χ2v) is 6.42. The Morgan fingerprint density at radius 2 is 1.89 bits per heavy atom. The minimum absolute atomic E-state index is 0.0197. The average Bonchev–Trinajstić information content (AvgIpc) is 2.28. The quantitative estimate of drug-likeness (QED) is 0.824. The molecular weight excluding hydrogens is 228 g/mol. The molecule has 106 valence electrons. The van der Waals surface area contributed by atoms with Crippen LogP contribution in [-0.4, -0.2) is 62.0 Å². The Labute approximate surface area is 111 Å².